The SMILES string of the molecule is N#CC1(NC(=O)[C@@H]2CCCC[C@H]2c2oc(-c3ccc(S(=O)(=O)C(F)(F)F)cc3)nc2-c2ccc(N3CCS(O)(O)CC3)cc2)CC1. The Labute approximate surface area is 265 Å². The van der Waals surface area contributed by atoms with Crippen LogP contribution in [0.3, 0.4) is 0 Å². The molecular formula is C31H33F3N4O6S2. The smallest absolute Gasteiger partial charge is 0.440 e. The number of anilines is 1. The first-order valence-corrected chi connectivity index (χ1v) is 18.3. The summed E-state index contributed by atoms with van der Waals surface area (Å²) in [6.45, 7) is 0.980. The van der Waals surface area contributed by atoms with Crippen LogP contribution < -0.4 is 10.2 Å². The first-order valence-electron chi connectivity index (χ1n) is 15.0. The summed E-state index contributed by atoms with van der Waals surface area (Å²) in [7, 11) is -8.10. The predicted molar refractivity (Wildman–Crippen MR) is 166 cm³/mol. The average molecular weight is 679 g/mol. The van der Waals surface area contributed by atoms with Gasteiger partial charge in [0.25, 0.3) is 9.84 Å². The Morgan fingerprint density at radius 3 is 2.22 bits per heavy atom. The molecule has 0 bridgehead atoms. The van der Waals surface area contributed by atoms with Gasteiger partial charge in [-0.3, -0.25) is 13.9 Å². The van der Waals surface area contributed by atoms with E-state index in [1.807, 2.05) is 24.3 Å². The number of nitriles is 1. The molecular weight excluding hydrogens is 645 g/mol. The molecule has 2 atom stereocenters. The molecule has 2 saturated carbocycles. The lowest BCUT2D eigenvalue weighted by molar-refractivity contribution is -0.127. The predicted octanol–water partition coefficient (Wildman–Crippen LogP) is 6.32. The summed E-state index contributed by atoms with van der Waals surface area (Å²) in [5.41, 5.74) is -4.02. The summed E-state index contributed by atoms with van der Waals surface area (Å²) in [5.74, 6) is -0.0578. The maximum Gasteiger partial charge on any atom is 0.501 e. The maximum atomic E-state index is 13.5. The number of carbonyl (C=O) groups is 1. The van der Waals surface area contributed by atoms with Crippen molar-refractivity contribution in [1.29, 1.82) is 5.26 Å². The van der Waals surface area contributed by atoms with E-state index >= 15 is 0 Å². The Bertz CT molecular complexity index is 1760. The Morgan fingerprint density at radius 2 is 1.63 bits per heavy atom. The molecule has 0 unspecified atom stereocenters. The largest absolute Gasteiger partial charge is 0.501 e. The van der Waals surface area contributed by atoms with Gasteiger partial charge in [0.2, 0.25) is 11.8 Å². The van der Waals surface area contributed by atoms with Crippen molar-refractivity contribution in [3.63, 3.8) is 0 Å². The number of carbonyl (C=O) groups excluding carboxylic acids is 1. The van der Waals surface area contributed by atoms with E-state index in [2.05, 4.69) is 16.3 Å². The molecule has 3 fully saturated rings. The highest BCUT2D eigenvalue weighted by Gasteiger charge is 2.48. The van der Waals surface area contributed by atoms with Crippen molar-refractivity contribution in [2.45, 2.75) is 60.4 Å². The van der Waals surface area contributed by atoms with Crippen LogP contribution >= 0.6 is 10.6 Å². The van der Waals surface area contributed by atoms with E-state index in [0.29, 0.717) is 55.8 Å². The number of hydrogen-bond donors (Lipinski definition) is 3. The third kappa shape index (κ3) is 6.35. The van der Waals surface area contributed by atoms with Crippen LogP contribution in [0.15, 0.2) is 57.8 Å². The summed E-state index contributed by atoms with van der Waals surface area (Å²) in [5, 5.41) is 12.5. The molecule has 6 rings (SSSR count). The highest BCUT2D eigenvalue weighted by molar-refractivity contribution is 8.24. The van der Waals surface area contributed by atoms with E-state index in [1.54, 1.807) is 0 Å². The van der Waals surface area contributed by atoms with Crippen LogP contribution in [0.25, 0.3) is 22.7 Å². The van der Waals surface area contributed by atoms with Crippen LogP contribution in [-0.2, 0) is 14.6 Å². The topological polar surface area (TPSA) is 157 Å². The van der Waals surface area contributed by atoms with E-state index in [1.165, 1.54) is 12.1 Å². The molecule has 1 aromatic heterocycles. The number of halogens is 3. The van der Waals surface area contributed by atoms with Crippen LogP contribution in [0.2, 0.25) is 0 Å². The minimum Gasteiger partial charge on any atom is -0.440 e. The number of oxazole rings is 1. The van der Waals surface area contributed by atoms with Gasteiger partial charge >= 0.3 is 5.51 Å². The van der Waals surface area contributed by atoms with E-state index in [9.17, 15) is 40.8 Å². The van der Waals surface area contributed by atoms with E-state index in [0.717, 1.165) is 30.7 Å². The summed E-state index contributed by atoms with van der Waals surface area (Å²) >= 11 is 0. The van der Waals surface area contributed by atoms with Crippen molar-refractivity contribution < 1.29 is 39.9 Å². The molecule has 15 heteroatoms. The highest BCUT2D eigenvalue weighted by Crippen LogP contribution is 2.46. The number of alkyl halides is 3. The molecule has 3 aliphatic rings. The van der Waals surface area contributed by atoms with Gasteiger partial charge in [0.15, 0.2) is 0 Å². The van der Waals surface area contributed by atoms with Gasteiger partial charge in [-0.05, 0) is 62.1 Å². The number of sulfone groups is 1. The summed E-state index contributed by atoms with van der Waals surface area (Å²) in [4.78, 5) is 19.4. The number of hydrogen-bond acceptors (Lipinski definition) is 9. The van der Waals surface area contributed by atoms with Gasteiger partial charge in [0, 0.05) is 41.7 Å². The molecule has 1 aliphatic heterocycles. The monoisotopic (exact) mass is 678 g/mol. The Hall–Kier alpha value is -3.58. The molecule has 2 aliphatic carbocycles. The number of rotatable bonds is 7. The number of nitrogens with one attached hydrogen (secondary N) is 1. The molecule has 46 heavy (non-hydrogen) atoms. The molecule has 2 aromatic carbocycles. The summed E-state index contributed by atoms with van der Waals surface area (Å²) in [6.07, 6.45) is 4.00. The Morgan fingerprint density at radius 1 is 1.02 bits per heavy atom. The Kier molecular flexibility index (Phi) is 8.37. The maximum absolute atomic E-state index is 13.5. The van der Waals surface area contributed by atoms with Crippen LogP contribution in [0.1, 0.15) is 50.2 Å². The number of aromatic nitrogens is 1. The molecule has 0 radical (unpaired) electrons. The first kappa shape index (κ1) is 32.4. The zero-order valence-electron chi connectivity index (χ0n) is 24.7. The van der Waals surface area contributed by atoms with Crippen LogP contribution in [-0.4, -0.2) is 64.1 Å². The van der Waals surface area contributed by atoms with Gasteiger partial charge in [0.05, 0.1) is 22.5 Å². The van der Waals surface area contributed by atoms with Gasteiger partial charge in [0.1, 0.15) is 17.0 Å². The molecule has 246 valence electrons. The van der Waals surface area contributed by atoms with Crippen molar-refractivity contribution in [2.75, 3.05) is 29.5 Å². The molecule has 1 saturated heterocycles. The second kappa shape index (κ2) is 11.9. The van der Waals surface area contributed by atoms with E-state index < -0.39 is 48.2 Å². The van der Waals surface area contributed by atoms with Crippen molar-refractivity contribution in [3.05, 3.63) is 54.3 Å². The number of amides is 1. The molecule has 2 heterocycles. The first-order chi connectivity index (χ1) is 21.7. The van der Waals surface area contributed by atoms with Crippen LogP contribution in [0.4, 0.5) is 18.9 Å². The van der Waals surface area contributed by atoms with E-state index in [-0.39, 0.29) is 28.9 Å². The summed E-state index contributed by atoms with van der Waals surface area (Å²) in [6, 6.07) is 13.8. The molecule has 1 amide bonds. The fourth-order valence-corrected chi connectivity index (χ4v) is 8.11. The van der Waals surface area contributed by atoms with Crippen molar-refractivity contribution >= 4 is 32.0 Å². The lowest BCUT2D eigenvalue weighted by Crippen LogP contribution is -2.42. The van der Waals surface area contributed by atoms with Gasteiger partial charge in [-0.2, -0.15) is 29.0 Å². The fraction of sp³-hybridized carbons (Fsp3) is 0.452. The molecule has 10 nitrogen and oxygen atoms in total. The lowest BCUT2D eigenvalue weighted by Gasteiger charge is -2.41. The van der Waals surface area contributed by atoms with Gasteiger partial charge < -0.3 is 14.6 Å². The Balaban J connectivity index is 1.36. The number of nitrogens with zero attached hydrogens (tertiary/aromatic N) is 3. The third-order valence-corrected chi connectivity index (χ3v) is 12.2. The minimum absolute atomic E-state index is 0.0617. The zero-order chi connectivity index (χ0) is 32.9. The third-order valence-electron chi connectivity index (χ3n) is 9.02. The molecule has 3 N–H and O–H groups in total. The van der Waals surface area contributed by atoms with E-state index in [4.69, 9.17) is 9.40 Å². The van der Waals surface area contributed by atoms with Crippen molar-refractivity contribution in [3.8, 4) is 28.8 Å². The minimum atomic E-state index is -5.54. The normalized spacial score (nSPS) is 23.3. The highest BCUT2D eigenvalue weighted by atomic mass is 32.3. The van der Waals surface area contributed by atoms with Crippen LogP contribution in [0.5, 0.6) is 0 Å². The lowest BCUT2D eigenvalue weighted by atomic mass is 9.76. The fourth-order valence-electron chi connectivity index (χ4n) is 6.12. The van der Waals surface area contributed by atoms with Gasteiger partial charge in [-0.1, -0.05) is 25.0 Å². The standard InChI is InChI=1S/C31H33F3N4O6S2/c32-31(33,34)46(42,43)23-11-7-21(8-12-23)29-36-26(20-5-9-22(10-6-20)38-15-17-45(40,41)18-16-38)27(44-29)24-3-1-2-4-25(24)28(39)37-30(19-35)13-14-30/h5-12,24-25,40-41H,1-4,13-18H2,(H,37,39)/t24-,25-/m1/s1. The van der Waals surface area contributed by atoms with Gasteiger partial charge in [-0.25, -0.2) is 13.4 Å². The zero-order valence-corrected chi connectivity index (χ0v) is 26.3. The van der Waals surface area contributed by atoms with Crippen molar-refractivity contribution in [1.82, 2.24) is 10.3 Å². The second-order valence-electron chi connectivity index (χ2n) is 12.1. The second-order valence-corrected chi connectivity index (χ2v) is 16.5. The summed E-state index contributed by atoms with van der Waals surface area (Å²) < 4.78 is 89.4. The molecule has 3 aromatic rings. The number of benzene rings is 2. The van der Waals surface area contributed by atoms with Gasteiger partial charge in [-0.15, -0.1) is 0 Å². The average Bonchev–Trinajstić information content (AvgIpc) is 3.67. The molecule has 0 spiro atoms. The van der Waals surface area contributed by atoms with Crippen molar-refractivity contribution in [2.24, 2.45) is 5.92 Å². The van der Waals surface area contributed by atoms with Crippen LogP contribution in [0, 0.1) is 17.2 Å². The quantitative estimate of drug-likeness (QED) is 0.260.